The number of likely N-dealkylation sites (tertiary alicyclic amines) is 1. The van der Waals surface area contributed by atoms with Crippen molar-refractivity contribution < 1.29 is 4.79 Å². The lowest BCUT2D eigenvalue weighted by Gasteiger charge is -2.48. The van der Waals surface area contributed by atoms with Gasteiger partial charge in [0.05, 0.1) is 5.52 Å². The van der Waals surface area contributed by atoms with Gasteiger partial charge in [0.1, 0.15) is 17.2 Å². The van der Waals surface area contributed by atoms with Crippen LogP contribution in [-0.4, -0.2) is 59.0 Å². The first-order chi connectivity index (χ1) is 13.6. The molecule has 166 valence electrons. The van der Waals surface area contributed by atoms with Crippen molar-refractivity contribution >= 4 is 47.4 Å². The number of piperidine rings is 2. The largest absolute Gasteiger partial charge is 0.368 e. The lowest BCUT2D eigenvalue weighted by molar-refractivity contribution is -0.132. The van der Waals surface area contributed by atoms with Crippen molar-refractivity contribution in [3.63, 3.8) is 0 Å². The molecule has 1 aromatic heterocycles. The molecule has 4 rings (SSSR count). The number of nitrogens with zero attached hydrogens (tertiary/aromatic N) is 4. The minimum atomic E-state index is -0.514. The van der Waals surface area contributed by atoms with Gasteiger partial charge < -0.3 is 16.4 Å². The van der Waals surface area contributed by atoms with Gasteiger partial charge in [0.25, 0.3) is 0 Å². The maximum Gasteiger partial charge on any atom is 0.238 e. The SMILES string of the molecule is Cl.Cl.NCCc1nc(N2CCC(C(N)=O)(N3CCCCC3)CC2)c2ccccc2n1. The fourth-order valence-corrected chi connectivity index (χ4v) is 4.72. The van der Waals surface area contributed by atoms with E-state index in [-0.39, 0.29) is 30.7 Å². The average Bonchev–Trinajstić information content (AvgIpc) is 2.74. The van der Waals surface area contributed by atoms with Gasteiger partial charge in [-0.3, -0.25) is 9.69 Å². The molecule has 4 N–H and O–H groups in total. The van der Waals surface area contributed by atoms with Gasteiger partial charge >= 0.3 is 0 Å². The molecule has 1 aromatic carbocycles. The predicted octanol–water partition coefficient (Wildman–Crippen LogP) is 2.28. The number of hydrogen-bond acceptors (Lipinski definition) is 6. The van der Waals surface area contributed by atoms with E-state index in [9.17, 15) is 4.79 Å². The van der Waals surface area contributed by atoms with Crippen LogP contribution in [-0.2, 0) is 11.2 Å². The summed E-state index contributed by atoms with van der Waals surface area (Å²) in [5.74, 6) is 1.55. The van der Waals surface area contributed by atoms with Gasteiger partial charge in [0.15, 0.2) is 0 Å². The summed E-state index contributed by atoms with van der Waals surface area (Å²) >= 11 is 0. The van der Waals surface area contributed by atoms with E-state index in [1.807, 2.05) is 18.2 Å². The topological polar surface area (TPSA) is 101 Å². The van der Waals surface area contributed by atoms with Crippen molar-refractivity contribution in [2.45, 2.75) is 44.1 Å². The van der Waals surface area contributed by atoms with E-state index in [4.69, 9.17) is 16.5 Å². The van der Waals surface area contributed by atoms with Crippen LogP contribution in [0.3, 0.4) is 0 Å². The molecular weight excluding hydrogens is 423 g/mol. The number of amides is 1. The summed E-state index contributed by atoms with van der Waals surface area (Å²) in [6.07, 6.45) is 5.69. The highest BCUT2D eigenvalue weighted by Gasteiger charge is 2.45. The Bertz CT molecular complexity index is 851. The normalized spacial score (nSPS) is 19.0. The van der Waals surface area contributed by atoms with Gasteiger partial charge in [-0.25, -0.2) is 9.97 Å². The quantitative estimate of drug-likeness (QED) is 0.718. The molecule has 7 nitrogen and oxygen atoms in total. The summed E-state index contributed by atoms with van der Waals surface area (Å²) in [7, 11) is 0. The summed E-state index contributed by atoms with van der Waals surface area (Å²) in [5, 5.41) is 1.05. The van der Waals surface area contributed by atoms with Crippen LogP contribution in [0.5, 0.6) is 0 Å². The lowest BCUT2D eigenvalue weighted by atomic mass is 9.83. The monoisotopic (exact) mass is 454 g/mol. The molecule has 2 fully saturated rings. The molecule has 0 radical (unpaired) electrons. The highest BCUT2D eigenvalue weighted by atomic mass is 35.5. The Kier molecular flexibility index (Phi) is 8.67. The van der Waals surface area contributed by atoms with Gasteiger partial charge in [-0.2, -0.15) is 0 Å². The van der Waals surface area contributed by atoms with Gasteiger partial charge in [0, 0.05) is 24.9 Å². The number of benzene rings is 1. The van der Waals surface area contributed by atoms with Gasteiger partial charge in [-0.05, 0) is 57.5 Å². The number of carbonyl (C=O) groups excluding carboxylic acids is 1. The van der Waals surface area contributed by atoms with Crippen molar-refractivity contribution in [1.29, 1.82) is 0 Å². The van der Waals surface area contributed by atoms with E-state index in [1.54, 1.807) is 0 Å². The number of rotatable bonds is 5. The van der Waals surface area contributed by atoms with Crippen LogP contribution in [0, 0.1) is 0 Å². The second-order valence-corrected chi connectivity index (χ2v) is 7.95. The van der Waals surface area contributed by atoms with Gasteiger partial charge in [-0.1, -0.05) is 18.6 Å². The molecule has 0 spiro atoms. The number of fused-ring (bicyclic) bond motifs is 1. The minimum absolute atomic E-state index is 0. The first-order valence-corrected chi connectivity index (χ1v) is 10.4. The number of anilines is 1. The van der Waals surface area contributed by atoms with Gasteiger partial charge in [-0.15, -0.1) is 24.8 Å². The fraction of sp³-hybridized carbons (Fsp3) is 0.571. The summed E-state index contributed by atoms with van der Waals surface area (Å²) in [6, 6.07) is 8.10. The fourth-order valence-electron chi connectivity index (χ4n) is 4.72. The van der Waals surface area contributed by atoms with Crippen molar-refractivity contribution in [3.8, 4) is 0 Å². The first kappa shape index (κ1) is 24.6. The summed E-state index contributed by atoms with van der Waals surface area (Å²) in [6.45, 7) is 4.00. The van der Waals surface area contributed by atoms with Crippen LogP contribution >= 0.6 is 24.8 Å². The van der Waals surface area contributed by atoms with Crippen LogP contribution in [0.15, 0.2) is 24.3 Å². The Labute approximate surface area is 190 Å². The molecular formula is C21H32Cl2N6O. The predicted molar refractivity (Wildman–Crippen MR) is 126 cm³/mol. The first-order valence-electron chi connectivity index (χ1n) is 10.4. The van der Waals surface area contributed by atoms with E-state index in [0.717, 1.165) is 74.4 Å². The van der Waals surface area contributed by atoms with E-state index >= 15 is 0 Å². The highest BCUT2D eigenvalue weighted by molar-refractivity contribution is 5.90. The number of nitrogens with two attached hydrogens (primary N) is 2. The molecule has 1 amide bonds. The molecule has 2 aromatic rings. The number of halogens is 2. The zero-order valence-electron chi connectivity index (χ0n) is 17.3. The second kappa shape index (κ2) is 10.6. The standard InChI is InChI=1S/C21H30N6O.2ClH/c22-11-8-18-24-17-7-3-2-6-16(17)19(25-18)26-14-9-21(10-15-26,20(23)28)27-12-4-1-5-13-27;;/h2-3,6-7H,1,4-5,8-15,22H2,(H2,23,28);2*1H. The smallest absolute Gasteiger partial charge is 0.238 e. The van der Waals surface area contributed by atoms with Crippen LogP contribution in [0.4, 0.5) is 5.82 Å². The molecule has 0 aliphatic carbocycles. The van der Waals surface area contributed by atoms with Crippen LogP contribution < -0.4 is 16.4 Å². The van der Waals surface area contributed by atoms with Gasteiger partial charge in [0.2, 0.25) is 5.91 Å². The van der Waals surface area contributed by atoms with Crippen molar-refractivity contribution in [2.75, 3.05) is 37.6 Å². The zero-order valence-corrected chi connectivity index (χ0v) is 18.9. The van der Waals surface area contributed by atoms with Crippen molar-refractivity contribution in [2.24, 2.45) is 11.5 Å². The molecule has 0 unspecified atom stereocenters. The molecule has 2 aliphatic rings. The van der Waals surface area contributed by atoms with E-state index in [1.165, 1.54) is 6.42 Å². The van der Waals surface area contributed by atoms with Crippen LogP contribution in [0.1, 0.15) is 37.9 Å². The van der Waals surface area contributed by atoms with Crippen molar-refractivity contribution in [3.05, 3.63) is 30.1 Å². The summed E-state index contributed by atoms with van der Waals surface area (Å²) < 4.78 is 0. The molecule has 30 heavy (non-hydrogen) atoms. The number of carbonyl (C=O) groups is 1. The Morgan fingerprint density at radius 3 is 2.30 bits per heavy atom. The molecule has 2 saturated heterocycles. The third kappa shape index (κ3) is 4.64. The minimum Gasteiger partial charge on any atom is -0.368 e. The summed E-state index contributed by atoms with van der Waals surface area (Å²) in [4.78, 5) is 26.6. The maximum absolute atomic E-state index is 12.5. The average molecular weight is 455 g/mol. The van der Waals surface area contributed by atoms with Crippen LogP contribution in [0.2, 0.25) is 0 Å². The maximum atomic E-state index is 12.5. The molecule has 9 heteroatoms. The van der Waals surface area contributed by atoms with E-state index < -0.39 is 5.54 Å². The molecule has 2 aliphatic heterocycles. The van der Waals surface area contributed by atoms with E-state index in [2.05, 4.69) is 20.9 Å². The number of aromatic nitrogens is 2. The second-order valence-electron chi connectivity index (χ2n) is 7.95. The van der Waals surface area contributed by atoms with Crippen LogP contribution in [0.25, 0.3) is 10.9 Å². The molecule has 0 atom stereocenters. The highest BCUT2D eigenvalue weighted by Crippen LogP contribution is 2.34. The Balaban J connectivity index is 0.00000160. The number of primary amides is 1. The number of hydrogen-bond donors (Lipinski definition) is 2. The molecule has 0 saturated carbocycles. The molecule has 3 heterocycles. The summed E-state index contributed by atoms with van der Waals surface area (Å²) in [5.41, 5.74) is 12.1. The zero-order chi connectivity index (χ0) is 19.6. The van der Waals surface area contributed by atoms with Crippen molar-refractivity contribution in [1.82, 2.24) is 14.9 Å². The Morgan fingerprint density at radius 2 is 1.67 bits per heavy atom. The lowest BCUT2D eigenvalue weighted by Crippen LogP contribution is -2.63. The Morgan fingerprint density at radius 1 is 1.00 bits per heavy atom. The molecule has 0 bridgehead atoms. The van der Waals surface area contributed by atoms with E-state index in [0.29, 0.717) is 13.0 Å². The third-order valence-electron chi connectivity index (χ3n) is 6.31. The third-order valence-corrected chi connectivity index (χ3v) is 6.31. The Hall–Kier alpha value is -1.67. The number of para-hydroxylation sites is 1.